The number of aromatic nitrogens is 1. The maximum Gasteiger partial charge on any atom is 0.338 e. The quantitative estimate of drug-likeness (QED) is 0.506. The van der Waals surface area contributed by atoms with Gasteiger partial charge in [-0.2, -0.15) is 0 Å². The molecule has 1 aliphatic heterocycles. The van der Waals surface area contributed by atoms with E-state index in [2.05, 4.69) is 20.9 Å². The first-order valence-electron chi connectivity index (χ1n) is 10.2. The van der Waals surface area contributed by atoms with Gasteiger partial charge in [-0.1, -0.05) is 41.2 Å². The molecule has 2 aromatic carbocycles. The zero-order valence-corrected chi connectivity index (χ0v) is 20.5. The second-order valence-electron chi connectivity index (χ2n) is 7.58. The fourth-order valence-electron chi connectivity index (χ4n) is 3.68. The second-order valence-corrected chi connectivity index (χ2v) is 9.44. The van der Waals surface area contributed by atoms with Crippen molar-refractivity contribution in [3.63, 3.8) is 0 Å². The normalized spacial score (nSPS) is 15.9. The van der Waals surface area contributed by atoms with Crippen LogP contribution in [-0.4, -0.2) is 27.4 Å². The molecule has 0 saturated carbocycles. The highest BCUT2D eigenvalue weighted by atomic mass is 79.9. The maximum absolute atomic E-state index is 13.5. The zero-order valence-electron chi connectivity index (χ0n) is 18.1. The van der Waals surface area contributed by atoms with E-state index in [1.165, 1.54) is 16.7 Å². The summed E-state index contributed by atoms with van der Waals surface area (Å²) in [6.45, 7) is 5.63. The summed E-state index contributed by atoms with van der Waals surface area (Å²) in [5.74, 6) is -0.793. The Morgan fingerprint density at radius 2 is 1.91 bits per heavy atom. The predicted molar refractivity (Wildman–Crippen MR) is 129 cm³/mol. The molecule has 0 bridgehead atoms. The average Bonchev–Trinajstić information content (AvgIpc) is 3.06. The molecule has 7 nitrogen and oxygen atoms in total. The number of hydrogen-bond acceptors (Lipinski definition) is 7. The number of nitrogens with zero attached hydrogens (tertiary/aromatic N) is 2. The van der Waals surface area contributed by atoms with Gasteiger partial charge < -0.3 is 14.9 Å². The van der Waals surface area contributed by atoms with Gasteiger partial charge in [0.25, 0.3) is 5.56 Å². The summed E-state index contributed by atoms with van der Waals surface area (Å²) in [6, 6.07) is 9.66. The molecule has 0 aliphatic carbocycles. The van der Waals surface area contributed by atoms with E-state index in [1.807, 2.05) is 31.2 Å². The number of halogens is 1. The number of aromatic hydroxyl groups is 2. The number of fused-ring (bicyclic) bond motifs is 1. The van der Waals surface area contributed by atoms with Crippen LogP contribution >= 0.6 is 27.3 Å². The molecule has 3 aromatic rings. The van der Waals surface area contributed by atoms with Crippen LogP contribution in [0.3, 0.4) is 0 Å². The van der Waals surface area contributed by atoms with Crippen LogP contribution in [0.1, 0.15) is 36.6 Å². The van der Waals surface area contributed by atoms with E-state index in [-0.39, 0.29) is 23.7 Å². The van der Waals surface area contributed by atoms with Crippen molar-refractivity contribution in [3.8, 4) is 11.5 Å². The fourth-order valence-corrected chi connectivity index (χ4v) is 5.08. The summed E-state index contributed by atoms with van der Waals surface area (Å²) < 4.78 is 7.50. The fraction of sp³-hybridized carbons (Fsp3) is 0.208. The van der Waals surface area contributed by atoms with Crippen molar-refractivity contribution in [3.05, 3.63) is 88.5 Å². The molecule has 2 heterocycles. The number of phenolic OH excluding ortho intramolecular Hbond substituents is 2. The van der Waals surface area contributed by atoms with Gasteiger partial charge in [0.15, 0.2) is 4.80 Å². The minimum atomic E-state index is -0.691. The lowest BCUT2D eigenvalue weighted by atomic mass is 9.95. The number of carbonyl (C=O) groups is 1. The Hall–Kier alpha value is -3.17. The SMILES string of the molecule is CCOC(=O)C1=C(C)N=c2s/c(=C/c3cc(Br)c(O)cc3O)c(=O)n2[C@@H]1c1ccc(C)cc1. The number of rotatable bonds is 4. The van der Waals surface area contributed by atoms with Gasteiger partial charge in [-0.25, -0.2) is 9.79 Å². The number of thiazole rings is 1. The van der Waals surface area contributed by atoms with Crippen LogP contribution < -0.4 is 14.9 Å². The van der Waals surface area contributed by atoms with Crippen LogP contribution in [0.5, 0.6) is 11.5 Å². The van der Waals surface area contributed by atoms with E-state index in [4.69, 9.17) is 4.74 Å². The number of allylic oxidation sites excluding steroid dienone is 1. The van der Waals surface area contributed by atoms with Crippen molar-refractivity contribution in [1.29, 1.82) is 0 Å². The number of phenols is 2. The molecule has 170 valence electrons. The molecule has 0 saturated heterocycles. The molecule has 33 heavy (non-hydrogen) atoms. The van der Waals surface area contributed by atoms with Crippen LogP contribution in [0.15, 0.2) is 61.9 Å². The number of benzene rings is 2. The summed E-state index contributed by atoms with van der Waals surface area (Å²) in [5.41, 5.74) is 2.64. The first-order valence-corrected chi connectivity index (χ1v) is 11.8. The molecule has 0 amide bonds. The lowest BCUT2D eigenvalue weighted by molar-refractivity contribution is -0.139. The summed E-state index contributed by atoms with van der Waals surface area (Å²) in [5, 5.41) is 20.0. The van der Waals surface area contributed by atoms with Crippen molar-refractivity contribution < 1.29 is 19.7 Å². The van der Waals surface area contributed by atoms with Crippen LogP contribution in [0.2, 0.25) is 0 Å². The van der Waals surface area contributed by atoms with Gasteiger partial charge in [-0.3, -0.25) is 9.36 Å². The van der Waals surface area contributed by atoms with Crippen LogP contribution in [0.4, 0.5) is 0 Å². The molecule has 0 spiro atoms. The first-order chi connectivity index (χ1) is 15.7. The zero-order chi connectivity index (χ0) is 23.9. The molecule has 2 N–H and O–H groups in total. The topological polar surface area (TPSA) is 101 Å². The molecule has 4 rings (SSSR count). The van der Waals surface area contributed by atoms with E-state index in [0.717, 1.165) is 22.5 Å². The third-order valence-electron chi connectivity index (χ3n) is 5.29. The predicted octanol–water partition coefficient (Wildman–Crippen LogP) is 3.28. The largest absolute Gasteiger partial charge is 0.507 e. The highest BCUT2D eigenvalue weighted by Gasteiger charge is 2.33. The smallest absolute Gasteiger partial charge is 0.338 e. The van der Waals surface area contributed by atoms with E-state index < -0.39 is 12.0 Å². The van der Waals surface area contributed by atoms with Crippen molar-refractivity contribution in [2.75, 3.05) is 6.61 Å². The molecular formula is C24H21BrN2O5S. The van der Waals surface area contributed by atoms with Crippen molar-refractivity contribution in [2.45, 2.75) is 26.8 Å². The number of ether oxygens (including phenoxy) is 1. The van der Waals surface area contributed by atoms with E-state index in [9.17, 15) is 19.8 Å². The van der Waals surface area contributed by atoms with E-state index >= 15 is 0 Å². The Morgan fingerprint density at radius 1 is 1.21 bits per heavy atom. The summed E-state index contributed by atoms with van der Waals surface area (Å²) in [6.07, 6.45) is 1.54. The van der Waals surface area contributed by atoms with Gasteiger partial charge in [0.05, 0.1) is 32.9 Å². The monoisotopic (exact) mass is 528 g/mol. The third kappa shape index (κ3) is 4.26. The van der Waals surface area contributed by atoms with Gasteiger partial charge in [-0.05, 0) is 54.4 Å². The van der Waals surface area contributed by atoms with Crippen molar-refractivity contribution >= 4 is 39.3 Å². The molecule has 0 fully saturated rings. The van der Waals surface area contributed by atoms with Crippen LogP contribution in [0, 0.1) is 6.92 Å². The summed E-state index contributed by atoms with van der Waals surface area (Å²) in [4.78, 5) is 31.4. The molecular weight excluding hydrogens is 508 g/mol. The number of aryl methyl sites for hydroxylation is 1. The second kappa shape index (κ2) is 8.99. The van der Waals surface area contributed by atoms with Gasteiger partial charge in [0.1, 0.15) is 11.5 Å². The average molecular weight is 529 g/mol. The van der Waals surface area contributed by atoms with Crippen LogP contribution in [-0.2, 0) is 9.53 Å². The molecule has 1 aromatic heterocycles. The van der Waals surface area contributed by atoms with E-state index in [0.29, 0.717) is 30.6 Å². The highest BCUT2D eigenvalue weighted by Crippen LogP contribution is 2.32. The van der Waals surface area contributed by atoms with Gasteiger partial charge in [0, 0.05) is 11.6 Å². The lowest BCUT2D eigenvalue weighted by Crippen LogP contribution is -2.39. The minimum Gasteiger partial charge on any atom is -0.507 e. The number of hydrogen-bond donors (Lipinski definition) is 2. The molecule has 1 aliphatic rings. The first kappa shape index (κ1) is 23.0. The molecule has 0 unspecified atom stereocenters. The summed E-state index contributed by atoms with van der Waals surface area (Å²) >= 11 is 4.38. The Labute approximate surface area is 201 Å². The maximum atomic E-state index is 13.5. The van der Waals surface area contributed by atoms with Crippen molar-refractivity contribution in [2.24, 2.45) is 4.99 Å². The van der Waals surface area contributed by atoms with Gasteiger partial charge in [0.2, 0.25) is 0 Å². The van der Waals surface area contributed by atoms with E-state index in [1.54, 1.807) is 19.9 Å². The van der Waals surface area contributed by atoms with Gasteiger partial charge in [-0.15, -0.1) is 0 Å². The minimum absolute atomic E-state index is 0.111. The van der Waals surface area contributed by atoms with Crippen LogP contribution in [0.25, 0.3) is 6.08 Å². The van der Waals surface area contributed by atoms with Gasteiger partial charge >= 0.3 is 5.97 Å². The molecule has 1 atom stereocenters. The molecule has 0 radical (unpaired) electrons. The Balaban J connectivity index is 1.97. The van der Waals surface area contributed by atoms with Crippen molar-refractivity contribution in [1.82, 2.24) is 4.57 Å². The Morgan fingerprint density at radius 3 is 2.58 bits per heavy atom. The highest BCUT2D eigenvalue weighted by molar-refractivity contribution is 9.10. The standard InChI is InChI=1S/C24H21BrN2O5S/c1-4-32-23(31)20-13(3)26-24-27(21(20)14-7-5-12(2)6-8-14)22(30)19(33-24)10-15-9-16(25)18(29)11-17(15)28/h5-11,21,28-29H,4H2,1-3H3/b19-10+/t21-/m1/s1. The number of esters is 1. The molecule has 9 heteroatoms. The lowest BCUT2D eigenvalue weighted by Gasteiger charge is -2.24. The Kier molecular flexibility index (Phi) is 6.27. The third-order valence-corrected chi connectivity index (χ3v) is 6.91. The summed E-state index contributed by atoms with van der Waals surface area (Å²) in [7, 11) is 0. The Bertz CT molecular complexity index is 1470. The number of carbonyl (C=O) groups excluding carboxylic acids is 1.